The van der Waals surface area contributed by atoms with Crippen molar-refractivity contribution in [1.82, 2.24) is 16.0 Å². The Morgan fingerprint density at radius 3 is 2.60 bits per heavy atom. The van der Waals surface area contributed by atoms with E-state index in [-0.39, 0.29) is 53.7 Å². The van der Waals surface area contributed by atoms with Gasteiger partial charge in [-0.3, -0.25) is 5.32 Å². The second-order valence-corrected chi connectivity index (χ2v) is 17.9. The monoisotopic (exact) mass is 725 g/mol. The van der Waals surface area contributed by atoms with E-state index in [9.17, 15) is 25.2 Å². The number of aliphatic imine (C=N–C) groups is 1. The lowest BCUT2D eigenvalue weighted by Gasteiger charge is -2.53. The van der Waals surface area contributed by atoms with Crippen LogP contribution in [0.25, 0.3) is 0 Å². The topological polar surface area (TPSA) is 180 Å². The van der Waals surface area contributed by atoms with Gasteiger partial charge in [0.2, 0.25) is 0 Å². The first-order valence-corrected chi connectivity index (χ1v) is 20.6. The summed E-state index contributed by atoms with van der Waals surface area (Å²) in [6.07, 6.45) is 14.5. The third-order valence-corrected chi connectivity index (χ3v) is 13.8. The molecule has 1 aromatic rings. The van der Waals surface area contributed by atoms with E-state index in [1.807, 2.05) is 13.1 Å². The van der Waals surface area contributed by atoms with Crippen molar-refractivity contribution in [3.05, 3.63) is 35.4 Å². The summed E-state index contributed by atoms with van der Waals surface area (Å²) in [7, 11) is 0. The minimum Gasteiger partial charge on any atom is -0.550 e. The van der Waals surface area contributed by atoms with Crippen molar-refractivity contribution in [2.75, 3.05) is 19.8 Å². The van der Waals surface area contributed by atoms with Crippen LogP contribution in [0, 0.1) is 5.92 Å². The Morgan fingerprint density at radius 2 is 1.85 bits per heavy atom. The first kappa shape index (κ1) is 39.7. The van der Waals surface area contributed by atoms with Crippen molar-refractivity contribution in [3.63, 3.8) is 0 Å². The number of rotatable bonds is 6. The number of fused-ring (bicyclic) bond motifs is 6. The van der Waals surface area contributed by atoms with Gasteiger partial charge in [-0.15, -0.1) is 0 Å². The molecule has 9 N–H and O–H groups in total. The van der Waals surface area contributed by atoms with E-state index in [1.54, 1.807) is 0 Å². The number of carboxylic acids is 1. The second-order valence-electron chi connectivity index (χ2n) is 17.9. The normalized spacial score (nSPS) is 39.7. The minimum atomic E-state index is -1.40. The Balaban J connectivity index is 1.29. The number of aliphatic carboxylic acids is 1. The molecule has 0 aromatic heterocycles. The number of β-amino-alcohol motifs (C(OH)–C–C–N with tert-alkyl or cyclic N) is 1. The van der Waals surface area contributed by atoms with Gasteiger partial charge in [-0.2, -0.15) is 0 Å². The van der Waals surface area contributed by atoms with Crippen LogP contribution < -0.4 is 31.7 Å². The van der Waals surface area contributed by atoms with E-state index in [0.717, 1.165) is 77.2 Å². The maximum absolute atomic E-state index is 12.1. The van der Waals surface area contributed by atoms with Crippen molar-refractivity contribution >= 4 is 12.2 Å². The van der Waals surface area contributed by atoms with Crippen LogP contribution in [0.2, 0.25) is 0 Å². The number of aliphatic hydroxyl groups is 3. The number of hydrogen-bond acceptors (Lipinski definition) is 10. The summed E-state index contributed by atoms with van der Waals surface area (Å²) in [6, 6.07) is 9.53. The Hall–Kier alpha value is -1.96. The zero-order valence-corrected chi connectivity index (χ0v) is 31.8. The number of quaternary nitrogens is 1. The molecule has 6 rings (SSSR count). The predicted molar refractivity (Wildman–Crippen MR) is 202 cm³/mol. The smallest absolute Gasteiger partial charge is 0.171 e. The van der Waals surface area contributed by atoms with Crippen LogP contribution in [0.3, 0.4) is 0 Å². The van der Waals surface area contributed by atoms with E-state index in [0.29, 0.717) is 32.4 Å². The molecule has 1 saturated carbocycles. The summed E-state index contributed by atoms with van der Waals surface area (Å²) < 4.78 is 0. The second kappa shape index (κ2) is 17.2. The van der Waals surface area contributed by atoms with E-state index in [1.165, 1.54) is 22.4 Å². The van der Waals surface area contributed by atoms with Crippen LogP contribution in [0.15, 0.2) is 29.3 Å². The molecule has 4 heterocycles. The molecule has 11 nitrogen and oxygen atoms in total. The van der Waals surface area contributed by atoms with Gasteiger partial charge in [0.15, 0.2) is 6.67 Å². The number of carbonyl (C=O) groups excluding carboxylic acids is 1. The third kappa shape index (κ3) is 9.63. The number of carbonyl (C=O) groups is 1. The molecule has 0 radical (unpaired) electrons. The lowest BCUT2D eigenvalue weighted by Crippen LogP contribution is -3.16. The van der Waals surface area contributed by atoms with Gasteiger partial charge in [0.05, 0.1) is 36.2 Å². The summed E-state index contributed by atoms with van der Waals surface area (Å²) in [5, 5.41) is 57.6. The van der Waals surface area contributed by atoms with Gasteiger partial charge in [-0.1, -0.05) is 69.2 Å². The van der Waals surface area contributed by atoms with Crippen molar-refractivity contribution in [2.24, 2.45) is 16.6 Å². The van der Waals surface area contributed by atoms with Gasteiger partial charge >= 0.3 is 0 Å². The number of benzene rings is 1. The van der Waals surface area contributed by atoms with E-state index in [4.69, 9.17) is 5.73 Å². The van der Waals surface area contributed by atoms with Gasteiger partial charge < -0.3 is 46.5 Å². The van der Waals surface area contributed by atoms with Gasteiger partial charge in [0.25, 0.3) is 0 Å². The van der Waals surface area contributed by atoms with Crippen molar-refractivity contribution in [2.45, 2.75) is 182 Å². The van der Waals surface area contributed by atoms with Crippen LogP contribution in [0.4, 0.5) is 0 Å². The average molecular weight is 725 g/mol. The van der Waals surface area contributed by atoms with Crippen LogP contribution in [0.5, 0.6) is 0 Å². The molecule has 5 aliphatic rings. The molecule has 3 fully saturated rings. The number of carboxylic acid groups (broad SMARTS) is 1. The summed E-state index contributed by atoms with van der Waals surface area (Å²) in [5.74, 6) is -1.17. The molecule has 4 aliphatic heterocycles. The van der Waals surface area contributed by atoms with Gasteiger partial charge in [-0.05, 0) is 82.3 Å². The lowest BCUT2D eigenvalue weighted by atomic mass is 9.61. The zero-order chi connectivity index (χ0) is 36.9. The summed E-state index contributed by atoms with van der Waals surface area (Å²) in [4.78, 5) is 17.7. The van der Waals surface area contributed by atoms with Crippen molar-refractivity contribution in [1.29, 1.82) is 0 Å². The molecular weight excluding hydrogens is 656 g/mol. The van der Waals surface area contributed by atoms with Gasteiger partial charge in [0, 0.05) is 48.4 Å². The molecule has 1 aromatic carbocycles. The maximum Gasteiger partial charge on any atom is 0.171 e. The Bertz CT molecular complexity index is 1350. The third-order valence-electron chi connectivity index (χ3n) is 13.8. The van der Waals surface area contributed by atoms with E-state index in [2.05, 4.69) is 52.1 Å². The fraction of sp³-hybridized carbons (Fsp3) is 0.805. The highest BCUT2D eigenvalue weighted by Crippen LogP contribution is 2.46. The molecule has 0 amide bonds. The molecule has 1 unspecified atom stereocenters. The Morgan fingerprint density at radius 1 is 1.10 bits per heavy atom. The zero-order valence-electron chi connectivity index (χ0n) is 31.8. The van der Waals surface area contributed by atoms with Crippen LogP contribution >= 0.6 is 0 Å². The summed E-state index contributed by atoms with van der Waals surface area (Å²) in [6.45, 7) is 5.98. The van der Waals surface area contributed by atoms with Crippen molar-refractivity contribution < 1.29 is 30.1 Å². The molecule has 52 heavy (non-hydrogen) atoms. The predicted octanol–water partition coefficient (Wildman–Crippen LogP) is 0.815. The molecule has 11 heteroatoms. The minimum absolute atomic E-state index is 0.0286. The van der Waals surface area contributed by atoms with Crippen LogP contribution in [-0.2, 0) is 16.6 Å². The molecule has 1 aliphatic carbocycles. The highest BCUT2D eigenvalue weighted by Gasteiger charge is 2.48. The average Bonchev–Trinajstić information content (AvgIpc) is 3.64. The molecule has 2 saturated heterocycles. The van der Waals surface area contributed by atoms with E-state index < -0.39 is 30.2 Å². The molecule has 11 atom stereocenters. The molecular formula is C41H68N6O5. The maximum atomic E-state index is 12.1. The largest absolute Gasteiger partial charge is 0.550 e. The number of hydrogen-bond donors (Lipinski definition) is 8. The quantitative estimate of drug-likeness (QED) is 0.211. The number of nitrogens with one attached hydrogen (secondary N) is 4. The van der Waals surface area contributed by atoms with Crippen LogP contribution in [0.1, 0.15) is 128 Å². The lowest BCUT2D eigenvalue weighted by molar-refractivity contribution is -0.914. The summed E-state index contributed by atoms with van der Waals surface area (Å²) >= 11 is 0. The fourth-order valence-electron chi connectivity index (χ4n) is 10.8. The highest BCUT2D eigenvalue weighted by molar-refractivity contribution is 5.65. The molecule has 1 spiro atoms. The van der Waals surface area contributed by atoms with Gasteiger partial charge in [-0.25, -0.2) is 4.99 Å². The fourth-order valence-corrected chi connectivity index (χ4v) is 10.8. The molecule has 4 bridgehead atoms. The number of aliphatic hydroxyl groups excluding tert-OH is 2. The first-order chi connectivity index (χ1) is 24.9. The Labute approximate surface area is 311 Å². The van der Waals surface area contributed by atoms with Gasteiger partial charge in [0.1, 0.15) is 12.6 Å². The highest BCUT2D eigenvalue weighted by atomic mass is 16.4. The first-order valence-electron chi connectivity index (χ1n) is 20.6. The number of piperidine rings is 2. The number of nitrogens with two attached hydrogens (primary N) is 1. The SMILES string of the molecule is C[C@H]1N[C@H](C[C@H](O)[C@@H]2CCCCCC[C@@](O)(CC(=O)[O-])CN[C@]3(C)C[C@H](N)N[C@H](C3)C3(CCCCC3)c3cccc(c3)C2)[C@@H]([NH+]2CC=NC2)C[C@H]1O. The van der Waals surface area contributed by atoms with Crippen LogP contribution in [-0.4, -0.2) is 101 Å². The molecule has 292 valence electrons. The standard InChI is InChI=1S/C41H68N6O5/c1-28-34(48)22-33(47-18-17-43-27-47)32(45-28)21-35(49)30-12-6-3-4-7-14-40(52,25-38(50)51)26-44-39(2)23-36(46-37(42)24-39)41(15-8-5-9-16-41)31-13-10-11-29(19-30)20-31/h10-11,13,17,20,28,30,32-37,44-46,48-49,52H,3-9,12,14-16,18-19,21-27,42H2,1-2H3,(H,50,51)/t28-,30-,32-,33+,34-,35+,36-,37-,39+,40-/m1/s1. The van der Waals surface area contributed by atoms with Crippen molar-refractivity contribution in [3.8, 4) is 0 Å². The van der Waals surface area contributed by atoms with E-state index >= 15 is 0 Å². The number of nitrogens with zero attached hydrogens (tertiary/aromatic N) is 1. The Kier molecular flexibility index (Phi) is 13.2. The summed E-state index contributed by atoms with van der Waals surface area (Å²) in [5.41, 5.74) is 7.51.